The highest BCUT2D eigenvalue weighted by molar-refractivity contribution is 5.94. The maximum Gasteiger partial charge on any atom is 0.326 e. The Morgan fingerprint density at radius 1 is 1.30 bits per heavy atom. The van der Waals surface area contributed by atoms with Crippen molar-refractivity contribution >= 4 is 11.9 Å². The Morgan fingerprint density at radius 3 is 2.52 bits per heavy atom. The number of carbonyl (C=O) groups excluding carboxylic acids is 1. The maximum absolute atomic E-state index is 12.2. The average Bonchev–Trinajstić information content (AvgIpc) is 3.02. The number of nitrogens with zero attached hydrogens (tertiary/aromatic N) is 3. The monoisotopic (exact) mass is 316 g/mol. The third-order valence-electron chi connectivity index (χ3n) is 3.79. The predicted octanol–water partition coefficient (Wildman–Crippen LogP) is 1.80. The molecule has 2 unspecified atom stereocenters. The van der Waals surface area contributed by atoms with Gasteiger partial charge < -0.3 is 10.4 Å². The lowest BCUT2D eigenvalue weighted by atomic mass is 9.99. The molecule has 0 bridgehead atoms. The van der Waals surface area contributed by atoms with Gasteiger partial charge in [-0.1, -0.05) is 43.2 Å². The van der Waals surface area contributed by atoms with Crippen LogP contribution in [-0.2, 0) is 4.79 Å². The summed E-state index contributed by atoms with van der Waals surface area (Å²) in [4.78, 5) is 23.5. The number of carbonyl (C=O) groups is 2. The SMILES string of the molecule is CCC(C)C(NC(=O)c1cn(-c2ccc(C)cc2)nn1)C(=O)O. The average molecular weight is 316 g/mol. The van der Waals surface area contributed by atoms with Gasteiger partial charge >= 0.3 is 5.97 Å². The fourth-order valence-electron chi connectivity index (χ4n) is 2.09. The second-order valence-corrected chi connectivity index (χ2v) is 5.56. The van der Waals surface area contributed by atoms with Gasteiger partial charge in [-0.15, -0.1) is 5.10 Å². The highest BCUT2D eigenvalue weighted by atomic mass is 16.4. The van der Waals surface area contributed by atoms with Gasteiger partial charge in [-0.25, -0.2) is 9.48 Å². The van der Waals surface area contributed by atoms with Crippen molar-refractivity contribution in [2.75, 3.05) is 0 Å². The standard InChI is InChI=1S/C16H20N4O3/c1-4-11(3)14(16(22)23)17-15(21)13-9-20(19-18-13)12-7-5-10(2)6-8-12/h5-9,11,14H,4H2,1-3H3,(H,17,21)(H,22,23). The van der Waals surface area contributed by atoms with Crippen LogP contribution in [0.5, 0.6) is 0 Å². The maximum atomic E-state index is 12.2. The van der Waals surface area contributed by atoms with Crippen LogP contribution in [-0.4, -0.2) is 38.0 Å². The number of hydrogen-bond acceptors (Lipinski definition) is 4. The van der Waals surface area contributed by atoms with E-state index in [1.165, 1.54) is 10.9 Å². The molecular weight excluding hydrogens is 296 g/mol. The summed E-state index contributed by atoms with van der Waals surface area (Å²) in [6.07, 6.45) is 2.13. The minimum Gasteiger partial charge on any atom is -0.480 e. The molecule has 0 spiro atoms. The van der Waals surface area contributed by atoms with Crippen molar-refractivity contribution < 1.29 is 14.7 Å². The highest BCUT2D eigenvalue weighted by Crippen LogP contribution is 2.11. The summed E-state index contributed by atoms with van der Waals surface area (Å²) in [6, 6.07) is 6.65. The number of benzene rings is 1. The van der Waals surface area contributed by atoms with Crippen molar-refractivity contribution in [3.8, 4) is 5.69 Å². The van der Waals surface area contributed by atoms with E-state index in [1.807, 2.05) is 38.1 Å². The molecule has 23 heavy (non-hydrogen) atoms. The molecule has 0 fully saturated rings. The Morgan fingerprint density at radius 2 is 1.96 bits per heavy atom. The largest absolute Gasteiger partial charge is 0.480 e. The van der Waals surface area contributed by atoms with Crippen LogP contribution >= 0.6 is 0 Å². The zero-order chi connectivity index (χ0) is 17.0. The molecule has 1 amide bonds. The van der Waals surface area contributed by atoms with Gasteiger partial charge in [0, 0.05) is 0 Å². The van der Waals surface area contributed by atoms with E-state index >= 15 is 0 Å². The molecule has 2 aromatic rings. The Hall–Kier alpha value is -2.70. The number of carboxylic acid groups (broad SMARTS) is 1. The van der Waals surface area contributed by atoms with Gasteiger partial charge in [0.25, 0.3) is 5.91 Å². The van der Waals surface area contributed by atoms with Gasteiger partial charge in [-0.05, 0) is 25.0 Å². The minimum atomic E-state index is -1.06. The summed E-state index contributed by atoms with van der Waals surface area (Å²) < 4.78 is 1.48. The number of aryl methyl sites for hydroxylation is 1. The van der Waals surface area contributed by atoms with Crippen LogP contribution < -0.4 is 5.32 Å². The number of amides is 1. The lowest BCUT2D eigenvalue weighted by Crippen LogP contribution is -2.45. The molecule has 2 rings (SSSR count). The topological polar surface area (TPSA) is 97.1 Å². The first kappa shape index (κ1) is 16.7. The molecule has 0 aliphatic rings. The number of nitrogens with one attached hydrogen (secondary N) is 1. The van der Waals surface area contributed by atoms with Gasteiger partial charge in [-0.2, -0.15) is 0 Å². The summed E-state index contributed by atoms with van der Waals surface area (Å²) in [7, 11) is 0. The third kappa shape index (κ3) is 3.94. The fourth-order valence-corrected chi connectivity index (χ4v) is 2.09. The molecule has 1 aromatic heterocycles. The normalized spacial score (nSPS) is 13.3. The zero-order valence-corrected chi connectivity index (χ0v) is 13.4. The zero-order valence-electron chi connectivity index (χ0n) is 13.4. The molecule has 0 aliphatic heterocycles. The molecule has 2 atom stereocenters. The molecule has 0 saturated heterocycles. The van der Waals surface area contributed by atoms with Crippen LogP contribution in [0.25, 0.3) is 5.69 Å². The van der Waals surface area contributed by atoms with Gasteiger partial charge in [0.15, 0.2) is 5.69 Å². The summed E-state index contributed by atoms with van der Waals surface area (Å²) in [5, 5.41) is 19.5. The van der Waals surface area contributed by atoms with Crippen molar-refractivity contribution in [1.29, 1.82) is 0 Å². The van der Waals surface area contributed by atoms with Crippen LogP contribution in [0.15, 0.2) is 30.5 Å². The van der Waals surface area contributed by atoms with E-state index in [0.29, 0.717) is 6.42 Å². The fraction of sp³-hybridized carbons (Fsp3) is 0.375. The Balaban J connectivity index is 2.14. The second-order valence-electron chi connectivity index (χ2n) is 5.56. The van der Waals surface area contributed by atoms with Gasteiger partial charge in [0.2, 0.25) is 0 Å². The number of carboxylic acids is 1. The third-order valence-corrected chi connectivity index (χ3v) is 3.79. The van der Waals surface area contributed by atoms with Crippen LogP contribution in [0, 0.1) is 12.8 Å². The molecule has 122 valence electrons. The molecule has 0 saturated carbocycles. The summed E-state index contributed by atoms with van der Waals surface area (Å²) in [5.74, 6) is -1.78. The molecule has 7 heteroatoms. The smallest absolute Gasteiger partial charge is 0.326 e. The number of rotatable bonds is 6. The number of aliphatic carboxylic acids is 1. The Labute approximate surface area is 134 Å². The molecule has 2 N–H and O–H groups in total. The van der Waals surface area contributed by atoms with Crippen molar-refractivity contribution in [3.63, 3.8) is 0 Å². The second kappa shape index (κ2) is 7.04. The van der Waals surface area contributed by atoms with E-state index in [0.717, 1.165) is 11.3 Å². The summed E-state index contributed by atoms with van der Waals surface area (Å²) >= 11 is 0. The van der Waals surface area contributed by atoms with Crippen LogP contribution in [0.1, 0.15) is 36.3 Å². The van der Waals surface area contributed by atoms with E-state index in [4.69, 9.17) is 0 Å². The predicted molar refractivity (Wildman–Crippen MR) is 84.4 cm³/mol. The van der Waals surface area contributed by atoms with Gasteiger partial charge in [0.05, 0.1) is 11.9 Å². The molecule has 0 radical (unpaired) electrons. The van der Waals surface area contributed by atoms with Crippen molar-refractivity contribution in [2.24, 2.45) is 5.92 Å². The minimum absolute atomic E-state index is 0.0835. The number of hydrogen-bond donors (Lipinski definition) is 2. The first-order valence-electron chi connectivity index (χ1n) is 7.45. The molecule has 1 aromatic carbocycles. The van der Waals surface area contributed by atoms with Crippen LogP contribution in [0.4, 0.5) is 0 Å². The van der Waals surface area contributed by atoms with Crippen LogP contribution in [0.2, 0.25) is 0 Å². The van der Waals surface area contributed by atoms with Gasteiger partial charge in [0.1, 0.15) is 6.04 Å². The van der Waals surface area contributed by atoms with Crippen LogP contribution in [0.3, 0.4) is 0 Å². The summed E-state index contributed by atoms with van der Waals surface area (Å²) in [6.45, 7) is 5.63. The first-order valence-corrected chi connectivity index (χ1v) is 7.45. The van der Waals surface area contributed by atoms with E-state index in [9.17, 15) is 14.7 Å². The quantitative estimate of drug-likeness (QED) is 0.847. The van der Waals surface area contributed by atoms with Crippen molar-refractivity contribution in [2.45, 2.75) is 33.2 Å². The Bertz CT molecular complexity index is 694. The lowest BCUT2D eigenvalue weighted by molar-refractivity contribution is -0.140. The summed E-state index contributed by atoms with van der Waals surface area (Å²) in [5.41, 5.74) is 1.98. The van der Waals surface area contributed by atoms with Crippen molar-refractivity contribution in [3.05, 3.63) is 41.7 Å². The van der Waals surface area contributed by atoms with Crippen molar-refractivity contribution in [1.82, 2.24) is 20.3 Å². The van der Waals surface area contributed by atoms with E-state index in [-0.39, 0.29) is 11.6 Å². The molecule has 1 heterocycles. The molecular formula is C16H20N4O3. The van der Waals surface area contributed by atoms with Gasteiger partial charge in [-0.3, -0.25) is 4.79 Å². The molecule has 7 nitrogen and oxygen atoms in total. The first-order chi connectivity index (χ1) is 10.9. The Kier molecular flexibility index (Phi) is 5.10. The van der Waals surface area contributed by atoms with E-state index in [2.05, 4.69) is 15.6 Å². The van der Waals surface area contributed by atoms with E-state index in [1.54, 1.807) is 6.92 Å². The van der Waals surface area contributed by atoms with E-state index < -0.39 is 17.9 Å². The lowest BCUT2D eigenvalue weighted by Gasteiger charge is -2.19. The molecule has 0 aliphatic carbocycles. The number of aromatic nitrogens is 3. The highest BCUT2D eigenvalue weighted by Gasteiger charge is 2.26.